The number of hydrogen-bond donors (Lipinski definition) is 2. The predicted molar refractivity (Wildman–Crippen MR) is 91.8 cm³/mol. The third-order valence-electron chi connectivity index (χ3n) is 3.34. The first-order valence-electron chi connectivity index (χ1n) is 7.27. The maximum absolute atomic E-state index is 12.0. The number of amides is 1. The van der Waals surface area contributed by atoms with E-state index in [1.807, 2.05) is 30.3 Å². The normalized spacial score (nSPS) is 11.9. The highest BCUT2D eigenvalue weighted by Gasteiger charge is 2.13. The Balaban J connectivity index is 1.78. The lowest BCUT2D eigenvalue weighted by Crippen LogP contribution is -2.32. The van der Waals surface area contributed by atoms with Crippen molar-refractivity contribution in [2.24, 2.45) is 0 Å². The molecule has 0 saturated carbocycles. The molecule has 116 valence electrons. The van der Waals surface area contributed by atoms with Gasteiger partial charge in [0, 0.05) is 5.75 Å². The Bertz CT molecular complexity index is 584. The molecule has 0 aliphatic rings. The average molecular weight is 315 g/mol. The molecule has 0 heterocycles. The van der Waals surface area contributed by atoms with Crippen LogP contribution in [0.4, 0.5) is 0 Å². The minimum absolute atomic E-state index is 0.0555. The van der Waals surface area contributed by atoms with Crippen LogP contribution >= 0.6 is 11.8 Å². The molecule has 0 aliphatic heterocycles. The maximum Gasteiger partial charge on any atom is 0.230 e. The first-order chi connectivity index (χ1) is 10.7. The van der Waals surface area contributed by atoms with Gasteiger partial charge in [-0.1, -0.05) is 60.2 Å². The molecule has 2 aromatic rings. The van der Waals surface area contributed by atoms with Crippen LogP contribution in [0, 0.1) is 6.92 Å². The summed E-state index contributed by atoms with van der Waals surface area (Å²) < 4.78 is 0. The highest BCUT2D eigenvalue weighted by atomic mass is 32.2. The molecule has 0 fully saturated rings. The van der Waals surface area contributed by atoms with Crippen molar-refractivity contribution in [3.8, 4) is 0 Å². The van der Waals surface area contributed by atoms with Crippen LogP contribution in [0.5, 0.6) is 0 Å². The van der Waals surface area contributed by atoms with E-state index in [9.17, 15) is 9.90 Å². The lowest BCUT2D eigenvalue weighted by molar-refractivity contribution is -0.119. The van der Waals surface area contributed by atoms with E-state index in [2.05, 4.69) is 36.5 Å². The quantitative estimate of drug-likeness (QED) is 0.825. The zero-order chi connectivity index (χ0) is 15.8. The van der Waals surface area contributed by atoms with Crippen LogP contribution in [-0.4, -0.2) is 23.4 Å². The van der Waals surface area contributed by atoms with Gasteiger partial charge in [0.25, 0.3) is 0 Å². The summed E-state index contributed by atoms with van der Waals surface area (Å²) >= 11 is 1.57. The van der Waals surface area contributed by atoms with Crippen LogP contribution in [0.2, 0.25) is 0 Å². The molecule has 0 radical (unpaired) electrons. The molecule has 1 unspecified atom stereocenters. The SMILES string of the molecule is Cc1ccc(CSCC(=O)NC(CO)c2ccccc2)cc1. The second-order valence-electron chi connectivity index (χ2n) is 5.19. The van der Waals surface area contributed by atoms with Gasteiger partial charge in [-0.05, 0) is 18.1 Å². The van der Waals surface area contributed by atoms with Gasteiger partial charge in [0.05, 0.1) is 18.4 Å². The number of carbonyl (C=O) groups excluding carboxylic acids is 1. The Morgan fingerprint density at radius 2 is 1.82 bits per heavy atom. The number of thioether (sulfide) groups is 1. The van der Waals surface area contributed by atoms with Gasteiger partial charge in [-0.15, -0.1) is 11.8 Å². The number of carbonyl (C=O) groups is 1. The van der Waals surface area contributed by atoms with E-state index >= 15 is 0 Å². The predicted octanol–water partition coefficient (Wildman–Crippen LogP) is 3.08. The highest BCUT2D eigenvalue weighted by molar-refractivity contribution is 7.99. The average Bonchev–Trinajstić information content (AvgIpc) is 2.55. The van der Waals surface area contributed by atoms with Crippen molar-refractivity contribution in [1.82, 2.24) is 5.32 Å². The van der Waals surface area contributed by atoms with E-state index < -0.39 is 0 Å². The van der Waals surface area contributed by atoms with Crippen molar-refractivity contribution in [3.63, 3.8) is 0 Å². The van der Waals surface area contributed by atoms with Gasteiger partial charge in [-0.3, -0.25) is 4.79 Å². The van der Waals surface area contributed by atoms with E-state index in [4.69, 9.17) is 0 Å². The number of aryl methyl sites for hydroxylation is 1. The largest absolute Gasteiger partial charge is 0.394 e. The fourth-order valence-electron chi connectivity index (χ4n) is 2.10. The van der Waals surface area contributed by atoms with Crippen LogP contribution in [0.3, 0.4) is 0 Å². The molecule has 0 saturated heterocycles. The van der Waals surface area contributed by atoms with Crippen LogP contribution < -0.4 is 5.32 Å². The molecular weight excluding hydrogens is 294 g/mol. The van der Waals surface area contributed by atoms with Gasteiger partial charge in [0.15, 0.2) is 0 Å². The summed E-state index contributed by atoms with van der Waals surface area (Å²) in [4.78, 5) is 12.0. The summed E-state index contributed by atoms with van der Waals surface area (Å²) in [6, 6.07) is 17.5. The smallest absolute Gasteiger partial charge is 0.230 e. The zero-order valence-corrected chi connectivity index (χ0v) is 13.5. The van der Waals surface area contributed by atoms with Crippen molar-refractivity contribution < 1.29 is 9.90 Å². The molecule has 0 aromatic heterocycles. The minimum Gasteiger partial charge on any atom is -0.394 e. The molecule has 1 atom stereocenters. The van der Waals surface area contributed by atoms with Crippen molar-refractivity contribution in [3.05, 3.63) is 71.3 Å². The standard InChI is InChI=1S/C18H21NO2S/c1-14-7-9-15(10-8-14)12-22-13-18(21)19-17(11-20)16-5-3-2-4-6-16/h2-10,17,20H,11-13H2,1H3,(H,19,21). The zero-order valence-electron chi connectivity index (χ0n) is 12.7. The molecule has 1 amide bonds. The van der Waals surface area contributed by atoms with Crippen molar-refractivity contribution in [2.45, 2.75) is 18.7 Å². The molecular formula is C18H21NO2S. The molecule has 4 heteroatoms. The van der Waals surface area contributed by atoms with Crippen molar-refractivity contribution >= 4 is 17.7 Å². The Hall–Kier alpha value is -1.78. The minimum atomic E-state index is -0.339. The van der Waals surface area contributed by atoms with Gasteiger partial charge < -0.3 is 10.4 Å². The maximum atomic E-state index is 12.0. The van der Waals surface area contributed by atoms with Gasteiger partial charge in [0.2, 0.25) is 5.91 Å². The summed E-state index contributed by atoms with van der Waals surface area (Å²) in [5, 5.41) is 12.3. The Morgan fingerprint density at radius 1 is 1.14 bits per heavy atom. The van der Waals surface area contributed by atoms with Crippen LogP contribution in [0.25, 0.3) is 0 Å². The third kappa shape index (κ3) is 5.20. The summed E-state index contributed by atoms with van der Waals surface area (Å²) in [6.45, 7) is 1.96. The van der Waals surface area contributed by atoms with Gasteiger partial charge in [-0.25, -0.2) is 0 Å². The second-order valence-corrected chi connectivity index (χ2v) is 6.18. The summed E-state index contributed by atoms with van der Waals surface area (Å²) in [6.07, 6.45) is 0. The number of aliphatic hydroxyl groups is 1. The number of benzene rings is 2. The summed E-state index contributed by atoms with van der Waals surface area (Å²) in [5.41, 5.74) is 3.37. The summed E-state index contributed by atoms with van der Waals surface area (Å²) in [7, 11) is 0. The number of nitrogens with one attached hydrogen (secondary N) is 1. The van der Waals surface area contributed by atoms with Crippen LogP contribution in [0.1, 0.15) is 22.7 Å². The van der Waals surface area contributed by atoms with E-state index in [-0.39, 0.29) is 18.6 Å². The molecule has 2 rings (SSSR count). The van der Waals surface area contributed by atoms with Crippen molar-refractivity contribution in [2.75, 3.05) is 12.4 Å². The van der Waals surface area contributed by atoms with Gasteiger partial charge in [-0.2, -0.15) is 0 Å². The van der Waals surface area contributed by atoms with E-state index in [0.717, 1.165) is 11.3 Å². The van der Waals surface area contributed by atoms with E-state index in [0.29, 0.717) is 5.75 Å². The molecule has 22 heavy (non-hydrogen) atoms. The molecule has 0 bridgehead atoms. The van der Waals surface area contributed by atoms with Crippen molar-refractivity contribution in [1.29, 1.82) is 0 Å². The number of hydrogen-bond acceptors (Lipinski definition) is 3. The Labute approximate surface area is 135 Å². The lowest BCUT2D eigenvalue weighted by Gasteiger charge is -2.16. The number of aliphatic hydroxyl groups excluding tert-OH is 1. The van der Waals surface area contributed by atoms with Gasteiger partial charge in [0.1, 0.15) is 0 Å². The lowest BCUT2D eigenvalue weighted by atomic mass is 10.1. The monoisotopic (exact) mass is 315 g/mol. The summed E-state index contributed by atoms with van der Waals surface area (Å²) in [5.74, 6) is 1.14. The fourth-order valence-corrected chi connectivity index (χ4v) is 2.90. The molecule has 2 aromatic carbocycles. The first-order valence-corrected chi connectivity index (χ1v) is 8.43. The second kappa shape index (κ2) is 8.61. The van der Waals surface area contributed by atoms with E-state index in [1.165, 1.54) is 11.1 Å². The van der Waals surface area contributed by atoms with Crippen LogP contribution in [0.15, 0.2) is 54.6 Å². The topological polar surface area (TPSA) is 49.3 Å². The molecule has 0 spiro atoms. The Morgan fingerprint density at radius 3 is 2.45 bits per heavy atom. The van der Waals surface area contributed by atoms with E-state index in [1.54, 1.807) is 11.8 Å². The Kier molecular flexibility index (Phi) is 6.49. The third-order valence-corrected chi connectivity index (χ3v) is 4.35. The molecule has 0 aliphatic carbocycles. The molecule has 3 nitrogen and oxygen atoms in total. The van der Waals surface area contributed by atoms with Crippen LogP contribution in [-0.2, 0) is 10.5 Å². The van der Waals surface area contributed by atoms with Gasteiger partial charge >= 0.3 is 0 Å². The first kappa shape index (κ1) is 16.6. The number of rotatable bonds is 7. The molecule has 2 N–H and O–H groups in total. The highest BCUT2D eigenvalue weighted by Crippen LogP contribution is 2.15. The fraction of sp³-hybridized carbons (Fsp3) is 0.278.